The number of aryl methyl sites for hydroxylation is 1. The molecule has 0 saturated heterocycles. The molecule has 0 spiro atoms. The lowest BCUT2D eigenvalue weighted by molar-refractivity contribution is 0.169. The van der Waals surface area contributed by atoms with E-state index in [1.807, 2.05) is 24.3 Å². The normalized spacial score (nSPS) is 12.2. The maximum Gasteiger partial charge on any atom is 0.0806 e. The van der Waals surface area contributed by atoms with E-state index in [1.54, 1.807) is 0 Å². The highest BCUT2D eigenvalue weighted by molar-refractivity contribution is 6.30. The van der Waals surface area contributed by atoms with Crippen LogP contribution >= 0.6 is 11.6 Å². The van der Waals surface area contributed by atoms with Crippen molar-refractivity contribution in [1.29, 1.82) is 0 Å². The van der Waals surface area contributed by atoms with Crippen LogP contribution in [0.3, 0.4) is 0 Å². The predicted molar refractivity (Wildman–Crippen MR) is 90.1 cm³/mol. The van der Waals surface area contributed by atoms with Gasteiger partial charge in [-0.15, -0.1) is 0 Å². The largest absolute Gasteiger partial charge is 0.388 e. The molecule has 2 rings (SSSR count). The summed E-state index contributed by atoms with van der Waals surface area (Å²) >= 11 is 5.87. The Morgan fingerprint density at radius 2 is 1.76 bits per heavy atom. The van der Waals surface area contributed by atoms with Crippen molar-refractivity contribution in [1.82, 2.24) is 0 Å². The molecule has 0 heterocycles. The van der Waals surface area contributed by atoms with Crippen molar-refractivity contribution in [3.8, 4) is 0 Å². The molecular formula is C18H22ClNO. The van der Waals surface area contributed by atoms with Crippen LogP contribution in [-0.2, 0) is 0 Å². The van der Waals surface area contributed by atoms with Crippen molar-refractivity contribution in [2.75, 3.05) is 18.0 Å². The third-order valence-electron chi connectivity index (χ3n) is 3.77. The van der Waals surface area contributed by atoms with Crippen LogP contribution in [0.2, 0.25) is 5.02 Å². The fourth-order valence-electron chi connectivity index (χ4n) is 2.50. The second-order valence-corrected chi connectivity index (χ2v) is 5.66. The van der Waals surface area contributed by atoms with Gasteiger partial charge in [-0.1, -0.05) is 41.9 Å². The van der Waals surface area contributed by atoms with Crippen LogP contribution in [0.1, 0.15) is 30.6 Å². The third-order valence-corrected chi connectivity index (χ3v) is 4.02. The standard InChI is InChI=1S/C18H22ClNO/c1-3-20(17-7-5-4-6-14(17)2)13-12-18(21)15-8-10-16(19)11-9-15/h4-11,18,21H,3,12-13H2,1-2H3. The summed E-state index contributed by atoms with van der Waals surface area (Å²) in [5.41, 5.74) is 3.42. The summed E-state index contributed by atoms with van der Waals surface area (Å²) < 4.78 is 0. The highest BCUT2D eigenvalue weighted by atomic mass is 35.5. The van der Waals surface area contributed by atoms with Gasteiger partial charge in [0.2, 0.25) is 0 Å². The Kier molecular flexibility index (Phi) is 5.66. The first-order valence-corrected chi connectivity index (χ1v) is 7.73. The second kappa shape index (κ2) is 7.48. The number of benzene rings is 2. The van der Waals surface area contributed by atoms with Gasteiger partial charge in [0.05, 0.1) is 6.10 Å². The first-order chi connectivity index (χ1) is 10.1. The van der Waals surface area contributed by atoms with Crippen LogP contribution in [0.15, 0.2) is 48.5 Å². The molecule has 0 amide bonds. The Morgan fingerprint density at radius 3 is 2.38 bits per heavy atom. The summed E-state index contributed by atoms with van der Waals surface area (Å²) in [5, 5.41) is 11.0. The summed E-state index contributed by atoms with van der Waals surface area (Å²) in [7, 11) is 0. The molecule has 0 aliphatic carbocycles. The van der Waals surface area contributed by atoms with Crippen LogP contribution in [0, 0.1) is 6.92 Å². The summed E-state index contributed by atoms with van der Waals surface area (Å²) in [6.07, 6.45) is 0.240. The fraction of sp³-hybridized carbons (Fsp3) is 0.333. The molecule has 0 radical (unpaired) electrons. The fourth-order valence-corrected chi connectivity index (χ4v) is 2.62. The molecule has 2 nitrogen and oxygen atoms in total. The quantitative estimate of drug-likeness (QED) is 0.843. The molecule has 2 aromatic carbocycles. The third kappa shape index (κ3) is 4.23. The number of hydrogen-bond acceptors (Lipinski definition) is 2. The minimum atomic E-state index is -0.458. The van der Waals surface area contributed by atoms with Gasteiger partial charge in [-0.25, -0.2) is 0 Å². The van der Waals surface area contributed by atoms with E-state index < -0.39 is 6.10 Å². The molecule has 1 atom stereocenters. The van der Waals surface area contributed by atoms with Crippen LogP contribution in [0.4, 0.5) is 5.69 Å². The van der Waals surface area contributed by atoms with Crippen molar-refractivity contribution in [2.45, 2.75) is 26.4 Å². The van der Waals surface area contributed by atoms with E-state index in [2.05, 4.69) is 43.0 Å². The van der Waals surface area contributed by atoms with Crippen molar-refractivity contribution in [3.63, 3.8) is 0 Å². The molecule has 1 unspecified atom stereocenters. The molecule has 1 N–H and O–H groups in total. The molecule has 2 aromatic rings. The zero-order valence-corrected chi connectivity index (χ0v) is 13.3. The summed E-state index contributed by atoms with van der Waals surface area (Å²) in [6.45, 7) is 6.01. The second-order valence-electron chi connectivity index (χ2n) is 5.22. The van der Waals surface area contributed by atoms with E-state index in [0.717, 1.165) is 18.7 Å². The first kappa shape index (κ1) is 15.9. The van der Waals surface area contributed by atoms with Gasteiger partial charge >= 0.3 is 0 Å². The average Bonchev–Trinajstić information content (AvgIpc) is 2.50. The van der Waals surface area contributed by atoms with Gasteiger partial charge in [0.15, 0.2) is 0 Å². The first-order valence-electron chi connectivity index (χ1n) is 7.36. The Balaban J connectivity index is 2.00. The topological polar surface area (TPSA) is 23.5 Å². The molecule has 112 valence electrons. The van der Waals surface area contributed by atoms with E-state index >= 15 is 0 Å². The van der Waals surface area contributed by atoms with Gasteiger partial charge in [0, 0.05) is 23.8 Å². The van der Waals surface area contributed by atoms with Crippen LogP contribution < -0.4 is 4.90 Å². The molecule has 0 aromatic heterocycles. The Labute approximate surface area is 132 Å². The van der Waals surface area contributed by atoms with Crippen molar-refractivity contribution in [2.24, 2.45) is 0 Å². The van der Waals surface area contributed by atoms with E-state index in [9.17, 15) is 5.11 Å². The van der Waals surface area contributed by atoms with E-state index in [4.69, 9.17) is 11.6 Å². The van der Waals surface area contributed by atoms with Crippen molar-refractivity contribution in [3.05, 3.63) is 64.7 Å². The summed E-state index contributed by atoms with van der Waals surface area (Å²) in [4.78, 5) is 2.30. The Bertz CT molecular complexity index is 568. The molecule has 0 aliphatic rings. The lowest BCUT2D eigenvalue weighted by Gasteiger charge is -2.26. The van der Waals surface area contributed by atoms with E-state index in [0.29, 0.717) is 11.4 Å². The molecule has 0 aliphatic heterocycles. The zero-order valence-electron chi connectivity index (χ0n) is 12.6. The highest BCUT2D eigenvalue weighted by Crippen LogP contribution is 2.23. The van der Waals surface area contributed by atoms with Crippen LogP contribution in [0.25, 0.3) is 0 Å². The zero-order chi connectivity index (χ0) is 15.2. The van der Waals surface area contributed by atoms with Gasteiger partial charge < -0.3 is 10.0 Å². The lowest BCUT2D eigenvalue weighted by Crippen LogP contribution is -2.26. The number of rotatable bonds is 6. The van der Waals surface area contributed by atoms with Gasteiger partial charge in [-0.2, -0.15) is 0 Å². The minimum absolute atomic E-state index is 0.458. The summed E-state index contributed by atoms with van der Waals surface area (Å²) in [6, 6.07) is 15.8. The molecule has 0 saturated carbocycles. The van der Waals surface area contributed by atoms with E-state index in [-0.39, 0.29) is 0 Å². The smallest absolute Gasteiger partial charge is 0.0806 e. The lowest BCUT2D eigenvalue weighted by atomic mass is 10.1. The maximum atomic E-state index is 10.3. The predicted octanol–water partition coefficient (Wildman–Crippen LogP) is 4.60. The molecular weight excluding hydrogens is 282 g/mol. The van der Waals surface area contributed by atoms with Crippen LogP contribution in [-0.4, -0.2) is 18.2 Å². The van der Waals surface area contributed by atoms with Gasteiger partial charge in [-0.05, 0) is 49.6 Å². The summed E-state index contributed by atoms with van der Waals surface area (Å²) in [5.74, 6) is 0. The number of aliphatic hydroxyl groups is 1. The number of hydrogen-bond donors (Lipinski definition) is 1. The average molecular weight is 304 g/mol. The monoisotopic (exact) mass is 303 g/mol. The van der Waals surface area contributed by atoms with Crippen LogP contribution in [0.5, 0.6) is 0 Å². The molecule has 0 fully saturated rings. The highest BCUT2D eigenvalue weighted by Gasteiger charge is 2.12. The van der Waals surface area contributed by atoms with Gasteiger partial charge in [0.25, 0.3) is 0 Å². The number of aliphatic hydroxyl groups excluding tert-OH is 1. The van der Waals surface area contributed by atoms with Gasteiger partial charge in [0.1, 0.15) is 0 Å². The maximum absolute atomic E-state index is 10.3. The van der Waals surface area contributed by atoms with Crippen molar-refractivity contribution < 1.29 is 5.11 Å². The number of para-hydroxylation sites is 1. The Hall–Kier alpha value is -1.51. The molecule has 21 heavy (non-hydrogen) atoms. The van der Waals surface area contributed by atoms with E-state index in [1.165, 1.54) is 11.3 Å². The molecule has 3 heteroatoms. The Morgan fingerprint density at radius 1 is 1.10 bits per heavy atom. The number of anilines is 1. The molecule has 0 bridgehead atoms. The minimum Gasteiger partial charge on any atom is -0.388 e. The SMILES string of the molecule is CCN(CCC(O)c1ccc(Cl)cc1)c1ccccc1C. The van der Waals surface area contributed by atoms with Crippen molar-refractivity contribution >= 4 is 17.3 Å². The van der Waals surface area contributed by atoms with Gasteiger partial charge in [-0.3, -0.25) is 0 Å². The number of halogens is 1. The number of nitrogens with zero attached hydrogens (tertiary/aromatic N) is 1.